The molecular formula is C18H15NO4. The number of hydrogen-bond acceptors (Lipinski definition) is 3. The van der Waals surface area contributed by atoms with E-state index in [-0.39, 0.29) is 5.91 Å². The highest BCUT2D eigenvalue weighted by Gasteiger charge is 2.53. The highest BCUT2D eigenvalue weighted by molar-refractivity contribution is 6.04. The number of rotatable bonds is 3. The van der Waals surface area contributed by atoms with Crippen LogP contribution in [0.4, 0.5) is 5.69 Å². The molecule has 5 nitrogen and oxygen atoms in total. The lowest BCUT2D eigenvalue weighted by Gasteiger charge is -2.21. The minimum atomic E-state index is -1.00. The lowest BCUT2D eigenvalue weighted by molar-refractivity contribution is -0.145. The fourth-order valence-electron chi connectivity index (χ4n) is 3.47. The Labute approximate surface area is 132 Å². The first-order valence-electron chi connectivity index (χ1n) is 7.50. The lowest BCUT2D eigenvalue weighted by Crippen LogP contribution is -2.39. The number of amides is 1. The maximum Gasteiger partial charge on any atom is 0.310 e. The number of carboxylic acids is 1. The number of ether oxygens (including phenoxy) is 1. The van der Waals surface area contributed by atoms with Crippen LogP contribution in [0.1, 0.15) is 0 Å². The molecule has 0 aromatic heterocycles. The van der Waals surface area contributed by atoms with Crippen molar-refractivity contribution in [3.8, 4) is 0 Å². The third-order valence-corrected chi connectivity index (χ3v) is 4.53. The van der Waals surface area contributed by atoms with Gasteiger partial charge in [0.1, 0.15) is 5.92 Å². The Morgan fingerprint density at radius 2 is 1.65 bits per heavy atom. The molecule has 2 heterocycles. The fraction of sp³-hybridized carbons (Fsp3) is 0.222. The van der Waals surface area contributed by atoms with Crippen LogP contribution in [0.2, 0.25) is 0 Å². The second kappa shape index (κ2) is 5.21. The van der Waals surface area contributed by atoms with Crippen LogP contribution in [0.5, 0.6) is 0 Å². The van der Waals surface area contributed by atoms with Gasteiger partial charge in [0.15, 0.2) is 0 Å². The Morgan fingerprint density at radius 3 is 2.43 bits per heavy atom. The van der Waals surface area contributed by atoms with Crippen molar-refractivity contribution < 1.29 is 19.4 Å². The Morgan fingerprint density at radius 1 is 0.957 bits per heavy atom. The monoisotopic (exact) mass is 309 g/mol. The van der Waals surface area contributed by atoms with Crippen molar-refractivity contribution in [2.45, 2.75) is 12.2 Å². The van der Waals surface area contributed by atoms with Crippen molar-refractivity contribution in [2.24, 2.45) is 11.8 Å². The van der Waals surface area contributed by atoms with E-state index in [1.54, 1.807) is 12.2 Å². The number of carbonyl (C=O) groups excluding carboxylic acids is 1. The van der Waals surface area contributed by atoms with Gasteiger partial charge in [0.25, 0.3) is 0 Å². The zero-order valence-electron chi connectivity index (χ0n) is 12.2. The van der Waals surface area contributed by atoms with E-state index in [1.807, 2.05) is 42.5 Å². The zero-order chi connectivity index (χ0) is 16.0. The number of nitrogens with one attached hydrogen (secondary N) is 1. The SMILES string of the molecule is O=C(Nc1cccc2ccccc12)[C@@H]1[C@@H](C(=O)O)[C@H]2C=C[C@@H]1O2. The summed E-state index contributed by atoms with van der Waals surface area (Å²) in [6.07, 6.45) is 2.53. The summed E-state index contributed by atoms with van der Waals surface area (Å²) in [5.41, 5.74) is 0.684. The largest absolute Gasteiger partial charge is 0.481 e. The maximum absolute atomic E-state index is 12.7. The molecular weight excluding hydrogens is 294 g/mol. The van der Waals surface area contributed by atoms with Crippen molar-refractivity contribution in [1.82, 2.24) is 0 Å². The average Bonchev–Trinajstić information content (AvgIpc) is 3.16. The van der Waals surface area contributed by atoms with Crippen molar-refractivity contribution in [3.05, 3.63) is 54.6 Å². The molecule has 0 radical (unpaired) electrons. The molecule has 0 spiro atoms. The molecule has 1 amide bonds. The molecule has 1 fully saturated rings. The molecule has 23 heavy (non-hydrogen) atoms. The Kier molecular flexibility index (Phi) is 3.16. The third kappa shape index (κ3) is 2.21. The van der Waals surface area contributed by atoms with Gasteiger partial charge < -0.3 is 15.2 Å². The topological polar surface area (TPSA) is 75.6 Å². The summed E-state index contributed by atoms with van der Waals surface area (Å²) in [6, 6.07) is 13.4. The van der Waals surface area contributed by atoms with Crippen LogP contribution in [0.3, 0.4) is 0 Å². The minimum absolute atomic E-state index is 0.314. The molecule has 0 aliphatic carbocycles. The van der Waals surface area contributed by atoms with Gasteiger partial charge >= 0.3 is 5.97 Å². The Balaban J connectivity index is 1.65. The molecule has 0 saturated carbocycles. The molecule has 4 atom stereocenters. The van der Waals surface area contributed by atoms with E-state index in [0.717, 1.165) is 10.8 Å². The molecule has 0 unspecified atom stereocenters. The maximum atomic E-state index is 12.7. The molecule has 2 aliphatic heterocycles. The summed E-state index contributed by atoms with van der Waals surface area (Å²) in [5.74, 6) is -2.85. The molecule has 2 aromatic rings. The second-order valence-corrected chi connectivity index (χ2v) is 5.86. The van der Waals surface area contributed by atoms with E-state index in [1.165, 1.54) is 0 Å². The standard InChI is InChI=1S/C18H15NO4/c20-17(15-13-8-9-14(23-13)16(15)18(21)22)19-12-7-3-5-10-4-1-2-6-11(10)12/h1-9,13-16H,(H,19,20)(H,21,22)/t13-,14+,15-,16-/m0/s1. The number of carbonyl (C=O) groups is 2. The summed E-state index contributed by atoms with van der Waals surface area (Å²) in [5, 5.41) is 14.2. The van der Waals surface area contributed by atoms with Gasteiger partial charge in [-0.2, -0.15) is 0 Å². The summed E-state index contributed by atoms with van der Waals surface area (Å²) < 4.78 is 5.55. The third-order valence-electron chi connectivity index (χ3n) is 4.53. The van der Waals surface area contributed by atoms with Crippen molar-refractivity contribution in [2.75, 3.05) is 5.32 Å². The quantitative estimate of drug-likeness (QED) is 0.854. The summed E-state index contributed by atoms with van der Waals surface area (Å²) in [7, 11) is 0. The number of anilines is 1. The van der Waals surface area contributed by atoms with Gasteiger partial charge in [0.2, 0.25) is 5.91 Å². The summed E-state index contributed by atoms with van der Waals surface area (Å²) >= 11 is 0. The van der Waals surface area contributed by atoms with Crippen LogP contribution >= 0.6 is 0 Å². The first-order chi connectivity index (χ1) is 11.1. The highest BCUT2D eigenvalue weighted by Crippen LogP contribution is 2.40. The van der Waals surface area contributed by atoms with Gasteiger partial charge in [0, 0.05) is 11.1 Å². The van der Waals surface area contributed by atoms with Gasteiger partial charge in [-0.15, -0.1) is 0 Å². The van der Waals surface area contributed by atoms with Gasteiger partial charge in [-0.25, -0.2) is 0 Å². The van der Waals surface area contributed by atoms with E-state index in [4.69, 9.17) is 4.74 Å². The Bertz CT molecular complexity index is 823. The molecule has 2 bridgehead atoms. The predicted molar refractivity (Wildman–Crippen MR) is 85.0 cm³/mol. The van der Waals surface area contributed by atoms with Crippen LogP contribution in [0.25, 0.3) is 10.8 Å². The Hall–Kier alpha value is -2.66. The second-order valence-electron chi connectivity index (χ2n) is 5.86. The van der Waals surface area contributed by atoms with E-state index in [0.29, 0.717) is 5.69 Å². The fourth-order valence-corrected chi connectivity index (χ4v) is 3.47. The van der Waals surface area contributed by atoms with E-state index in [2.05, 4.69) is 5.32 Å². The van der Waals surface area contributed by atoms with Gasteiger partial charge in [-0.1, -0.05) is 48.6 Å². The molecule has 2 N–H and O–H groups in total. The number of carboxylic acid groups (broad SMARTS) is 1. The molecule has 1 saturated heterocycles. The van der Waals surface area contributed by atoms with Crippen molar-refractivity contribution in [1.29, 1.82) is 0 Å². The average molecular weight is 309 g/mol. The van der Waals surface area contributed by atoms with E-state index < -0.39 is 30.0 Å². The molecule has 2 aromatic carbocycles. The van der Waals surface area contributed by atoms with Gasteiger partial charge in [-0.3, -0.25) is 9.59 Å². The van der Waals surface area contributed by atoms with Gasteiger partial charge in [-0.05, 0) is 11.5 Å². The van der Waals surface area contributed by atoms with E-state index in [9.17, 15) is 14.7 Å². The number of aliphatic carboxylic acids is 1. The molecule has 2 aliphatic rings. The van der Waals surface area contributed by atoms with E-state index >= 15 is 0 Å². The minimum Gasteiger partial charge on any atom is -0.481 e. The number of fused-ring (bicyclic) bond motifs is 3. The summed E-state index contributed by atoms with van der Waals surface area (Å²) in [4.78, 5) is 24.2. The predicted octanol–water partition coefficient (Wildman–Crippen LogP) is 2.43. The van der Waals surface area contributed by atoms with Crippen LogP contribution in [0, 0.1) is 11.8 Å². The van der Waals surface area contributed by atoms with Crippen molar-refractivity contribution >= 4 is 28.3 Å². The lowest BCUT2D eigenvalue weighted by atomic mass is 9.82. The molecule has 116 valence electrons. The number of benzene rings is 2. The van der Waals surface area contributed by atoms with Crippen LogP contribution in [-0.4, -0.2) is 29.2 Å². The highest BCUT2D eigenvalue weighted by atomic mass is 16.5. The zero-order valence-corrected chi connectivity index (χ0v) is 12.2. The van der Waals surface area contributed by atoms with Crippen LogP contribution in [0.15, 0.2) is 54.6 Å². The normalized spacial score (nSPS) is 28.2. The summed E-state index contributed by atoms with van der Waals surface area (Å²) in [6.45, 7) is 0. The van der Waals surface area contributed by atoms with Crippen LogP contribution in [-0.2, 0) is 14.3 Å². The van der Waals surface area contributed by atoms with Crippen LogP contribution < -0.4 is 5.32 Å². The molecule has 5 heteroatoms. The first-order valence-corrected chi connectivity index (χ1v) is 7.50. The smallest absolute Gasteiger partial charge is 0.310 e. The first kappa shape index (κ1) is 14.0. The van der Waals surface area contributed by atoms with Crippen molar-refractivity contribution in [3.63, 3.8) is 0 Å². The number of hydrogen-bond donors (Lipinski definition) is 2. The van der Waals surface area contributed by atoms with Gasteiger partial charge in [0.05, 0.1) is 18.1 Å². The molecule has 4 rings (SSSR count).